The van der Waals surface area contributed by atoms with Gasteiger partial charge in [0.25, 0.3) is 0 Å². The van der Waals surface area contributed by atoms with E-state index in [2.05, 4.69) is 9.97 Å². The van der Waals surface area contributed by atoms with E-state index in [1.807, 2.05) is 47.9 Å². The van der Waals surface area contributed by atoms with Gasteiger partial charge in [0.2, 0.25) is 0 Å². The molecule has 1 aromatic carbocycles. The Morgan fingerprint density at radius 1 is 1.11 bits per heavy atom. The fourth-order valence-electron chi connectivity index (χ4n) is 2.07. The summed E-state index contributed by atoms with van der Waals surface area (Å²) in [6, 6.07) is 11.5. The quantitative estimate of drug-likeness (QED) is 0.665. The van der Waals surface area contributed by atoms with Gasteiger partial charge in [-0.1, -0.05) is 23.7 Å². The number of rotatable bonds is 2. The molecule has 0 amide bonds. The van der Waals surface area contributed by atoms with Crippen molar-refractivity contribution in [1.29, 1.82) is 0 Å². The normalized spacial score (nSPS) is 11.1. The van der Waals surface area contributed by atoms with Gasteiger partial charge in [0.15, 0.2) is 5.65 Å². The van der Waals surface area contributed by atoms with Gasteiger partial charge in [0, 0.05) is 5.69 Å². The average molecular weight is 292 g/mol. The summed E-state index contributed by atoms with van der Waals surface area (Å²) in [5.41, 5.74) is 3.38. The van der Waals surface area contributed by atoms with Gasteiger partial charge in [-0.25, -0.2) is 9.97 Å². The van der Waals surface area contributed by atoms with Crippen molar-refractivity contribution in [2.24, 2.45) is 0 Å². The molecule has 0 saturated heterocycles. The van der Waals surface area contributed by atoms with E-state index in [1.54, 1.807) is 0 Å². The number of aryl methyl sites for hydroxylation is 1. The zero-order valence-corrected chi connectivity index (χ0v) is 11.8. The Bertz CT molecular complexity index is 750. The van der Waals surface area contributed by atoms with Gasteiger partial charge >= 0.3 is 0 Å². The smallest absolute Gasteiger partial charge is 0.165 e. The lowest BCUT2D eigenvalue weighted by Crippen LogP contribution is -2.01. The van der Waals surface area contributed by atoms with E-state index < -0.39 is 0 Å². The number of nitrogens with zero attached hydrogens (tertiary/aromatic N) is 3. The molecule has 0 aliphatic carbocycles. The van der Waals surface area contributed by atoms with Gasteiger partial charge in [-0.2, -0.15) is 0 Å². The Labute approximate surface area is 120 Å². The second kappa shape index (κ2) is 4.83. The van der Waals surface area contributed by atoms with Crippen LogP contribution in [0.2, 0.25) is 5.02 Å². The lowest BCUT2D eigenvalue weighted by Gasteiger charge is -2.09. The molecule has 0 spiro atoms. The van der Waals surface area contributed by atoms with Crippen molar-refractivity contribution in [3.8, 4) is 5.69 Å². The Kier molecular flexibility index (Phi) is 3.17. The summed E-state index contributed by atoms with van der Waals surface area (Å²) in [6.07, 6.45) is 0. The van der Waals surface area contributed by atoms with E-state index in [4.69, 9.17) is 23.2 Å². The van der Waals surface area contributed by atoms with Gasteiger partial charge in [-0.05, 0) is 31.2 Å². The third kappa shape index (κ3) is 2.09. The minimum atomic E-state index is 0.306. The largest absolute Gasteiger partial charge is 0.278 e. The molecule has 0 radical (unpaired) electrons. The minimum Gasteiger partial charge on any atom is -0.278 e. The van der Waals surface area contributed by atoms with E-state index in [0.717, 1.165) is 28.4 Å². The molecule has 0 aliphatic heterocycles. The molecule has 0 fully saturated rings. The Hall–Kier alpha value is -1.58. The van der Waals surface area contributed by atoms with E-state index in [1.165, 1.54) is 0 Å². The lowest BCUT2D eigenvalue weighted by atomic mass is 10.3. The zero-order chi connectivity index (χ0) is 13.4. The molecule has 0 N–H and O–H groups in total. The van der Waals surface area contributed by atoms with Crippen LogP contribution in [0.5, 0.6) is 0 Å². The van der Waals surface area contributed by atoms with Crippen molar-refractivity contribution >= 4 is 34.4 Å². The summed E-state index contributed by atoms with van der Waals surface area (Å²) in [6.45, 7) is 1.95. The molecule has 2 aromatic heterocycles. The number of hydrogen-bond donors (Lipinski definition) is 0. The van der Waals surface area contributed by atoms with Crippen molar-refractivity contribution in [3.05, 3.63) is 52.9 Å². The highest BCUT2D eigenvalue weighted by Crippen LogP contribution is 2.26. The van der Waals surface area contributed by atoms with E-state index in [-0.39, 0.29) is 0 Å². The van der Waals surface area contributed by atoms with Crippen LogP contribution in [0.4, 0.5) is 0 Å². The van der Waals surface area contributed by atoms with Gasteiger partial charge in [-0.3, -0.25) is 4.57 Å². The Morgan fingerprint density at radius 3 is 2.63 bits per heavy atom. The second-order valence-electron chi connectivity index (χ2n) is 4.24. The predicted octanol–water partition coefficient (Wildman–Crippen LogP) is 4.12. The van der Waals surface area contributed by atoms with Gasteiger partial charge < -0.3 is 0 Å². The summed E-state index contributed by atoms with van der Waals surface area (Å²) in [5, 5.41) is 0.650. The van der Waals surface area contributed by atoms with Crippen LogP contribution in [-0.4, -0.2) is 14.5 Å². The first-order valence-electron chi connectivity index (χ1n) is 5.86. The summed E-state index contributed by atoms with van der Waals surface area (Å²) in [7, 11) is 0. The molecule has 2 heterocycles. The summed E-state index contributed by atoms with van der Waals surface area (Å²) in [5.74, 6) is 1.04. The maximum atomic E-state index is 6.27. The van der Waals surface area contributed by atoms with E-state index in [9.17, 15) is 0 Å². The molecule has 0 saturated carbocycles. The number of benzene rings is 1. The third-order valence-electron chi connectivity index (χ3n) is 2.93. The van der Waals surface area contributed by atoms with Crippen LogP contribution < -0.4 is 0 Å². The van der Waals surface area contributed by atoms with Crippen LogP contribution in [0.15, 0.2) is 36.4 Å². The molecule has 96 valence electrons. The van der Waals surface area contributed by atoms with Crippen LogP contribution >= 0.6 is 23.2 Å². The number of halogens is 2. The molecule has 3 rings (SSSR count). The molecule has 0 bridgehead atoms. The highest BCUT2D eigenvalue weighted by atomic mass is 35.5. The predicted molar refractivity (Wildman–Crippen MR) is 78.2 cm³/mol. The first kappa shape index (κ1) is 12.5. The monoisotopic (exact) mass is 291 g/mol. The molecule has 3 nitrogen and oxygen atoms in total. The highest BCUT2D eigenvalue weighted by molar-refractivity contribution is 6.32. The van der Waals surface area contributed by atoms with Crippen LogP contribution in [0, 0.1) is 6.92 Å². The van der Waals surface area contributed by atoms with E-state index >= 15 is 0 Å². The fraction of sp³-hybridized carbons (Fsp3) is 0.143. The Balaban J connectivity index is 2.38. The van der Waals surface area contributed by atoms with Crippen molar-refractivity contribution in [3.63, 3.8) is 0 Å². The van der Waals surface area contributed by atoms with Crippen LogP contribution in [-0.2, 0) is 5.88 Å². The fourth-order valence-corrected chi connectivity index (χ4v) is 2.47. The number of pyridine rings is 1. The van der Waals surface area contributed by atoms with Gasteiger partial charge in [-0.15, -0.1) is 11.6 Å². The molecule has 3 aromatic rings. The molecule has 0 aliphatic rings. The van der Waals surface area contributed by atoms with Gasteiger partial charge in [0.1, 0.15) is 11.3 Å². The first-order valence-corrected chi connectivity index (χ1v) is 6.78. The van der Waals surface area contributed by atoms with Crippen LogP contribution in [0.3, 0.4) is 0 Å². The summed E-state index contributed by atoms with van der Waals surface area (Å²) < 4.78 is 1.91. The summed E-state index contributed by atoms with van der Waals surface area (Å²) in [4.78, 5) is 9.04. The van der Waals surface area contributed by atoms with Crippen molar-refractivity contribution < 1.29 is 0 Å². The highest BCUT2D eigenvalue weighted by Gasteiger charge is 2.14. The SMILES string of the molecule is Cc1ccc2nc(CCl)n(-c3ccccc3Cl)c2n1. The number of imidazole rings is 1. The molecule has 5 heteroatoms. The molecular formula is C14H11Cl2N3. The number of aromatic nitrogens is 3. The topological polar surface area (TPSA) is 30.7 Å². The average Bonchev–Trinajstić information content (AvgIpc) is 2.77. The summed E-state index contributed by atoms with van der Waals surface area (Å²) >= 11 is 12.3. The number of hydrogen-bond acceptors (Lipinski definition) is 2. The first-order chi connectivity index (χ1) is 9.20. The van der Waals surface area contributed by atoms with Crippen molar-refractivity contribution in [2.45, 2.75) is 12.8 Å². The number of para-hydroxylation sites is 1. The molecule has 19 heavy (non-hydrogen) atoms. The maximum absolute atomic E-state index is 6.27. The van der Waals surface area contributed by atoms with Crippen molar-refractivity contribution in [1.82, 2.24) is 14.5 Å². The van der Waals surface area contributed by atoms with Gasteiger partial charge in [0.05, 0.1) is 16.6 Å². The van der Waals surface area contributed by atoms with E-state index in [0.29, 0.717) is 10.9 Å². The third-order valence-corrected chi connectivity index (χ3v) is 3.48. The lowest BCUT2D eigenvalue weighted by molar-refractivity contribution is 0.967. The van der Waals surface area contributed by atoms with Crippen LogP contribution in [0.1, 0.15) is 11.5 Å². The van der Waals surface area contributed by atoms with Crippen molar-refractivity contribution in [2.75, 3.05) is 0 Å². The number of fused-ring (bicyclic) bond motifs is 1. The molecule has 0 unspecified atom stereocenters. The number of alkyl halides is 1. The Morgan fingerprint density at radius 2 is 1.89 bits per heavy atom. The van der Waals surface area contributed by atoms with Crippen LogP contribution in [0.25, 0.3) is 16.9 Å². The standard InChI is InChI=1S/C14H11Cl2N3/c1-9-6-7-11-14(17-9)19(13(8-15)18-11)12-5-3-2-4-10(12)16/h2-7H,8H2,1H3. The second-order valence-corrected chi connectivity index (χ2v) is 4.92. The maximum Gasteiger partial charge on any atom is 0.165 e. The minimum absolute atomic E-state index is 0.306. The zero-order valence-electron chi connectivity index (χ0n) is 10.3. The molecular weight excluding hydrogens is 281 g/mol. The molecule has 0 atom stereocenters.